The zero-order valence-electron chi connectivity index (χ0n) is 16.0. The van der Waals surface area contributed by atoms with Crippen molar-refractivity contribution in [3.63, 3.8) is 0 Å². The van der Waals surface area contributed by atoms with Crippen molar-refractivity contribution in [1.29, 1.82) is 0 Å². The van der Waals surface area contributed by atoms with Crippen molar-refractivity contribution in [3.8, 4) is 11.1 Å². The van der Waals surface area contributed by atoms with Crippen LogP contribution in [0, 0.1) is 0 Å². The molecule has 0 unspecified atom stereocenters. The van der Waals surface area contributed by atoms with Crippen LogP contribution in [-0.4, -0.2) is 18.0 Å². The van der Waals surface area contributed by atoms with Gasteiger partial charge in [0.1, 0.15) is 0 Å². The Bertz CT molecular complexity index is 932. The maximum Gasteiger partial charge on any atom is 0.338 e. The van der Waals surface area contributed by atoms with Gasteiger partial charge >= 0.3 is 5.97 Å². The predicted octanol–water partition coefficient (Wildman–Crippen LogP) is 5.10. The lowest BCUT2D eigenvalue weighted by Crippen LogP contribution is -2.30. The smallest absolute Gasteiger partial charge is 0.338 e. The fourth-order valence-corrected chi connectivity index (χ4v) is 2.78. The van der Waals surface area contributed by atoms with Gasteiger partial charge in [0.25, 0.3) is 5.91 Å². The molecule has 4 nitrogen and oxygen atoms in total. The van der Waals surface area contributed by atoms with Gasteiger partial charge < -0.3 is 10.1 Å². The molecule has 28 heavy (non-hydrogen) atoms. The molecule has 0 saturated carbocycles. The number of amides is 1. The summed E-state index contributed by atoms with van der Waals surface area (Å²) < 4.78 is 5.31. The number of anilines is 1. The minimum Gasteiger partial charge on any atom is -0.449 e. The van der Waals surface area contributed by atoms with Gasteiger partial charge in [-0.25, -0.2) is 4.79 Å². The molecule has 0 aliphatic heterocycles. The molecule has 0 radical (unpaired) electrons. The van der Waals surface area contributed by atoms with E-state index in [0.717, 1.165) is 17.5 Å². The molecule has 0 aromatic heterocycles. The molecule has 4 heteroatoms. The summed E-state index contributed by atoms with van der Waals surface area (Å²) in [5.74, 6) is -0.887. The van der Waals surface area contributed by atoms with Gasteiger partial charge in [-0.2, -0.15) is 0 Å². The number of rotatable bonds is 6. The summed E-state index contributed by atoms with van der Waals surface area (Å²) in [5.41, 5.74) is 4.36. The normalized spacial score (nSPS) is 11.5. The third-order valence-electron chi connectivity index (χ3n) is 4.51. The maximum absolute atomic E-state index is 12.3. The summed E-state index contributed by atoms with van der Waals surface area (Å²) in [6.45, 7) is 3.63. The average molecular weight is 373 g/mol. The van der Waals surface area contributed by atoms with Gasteiger partial charge in [-0.3, -0.25) is 4.79 Å². The van der Waals surface area contributed by atoms with E-state index in [1.165, 1.54) is 5.56 Å². The van der Waals surface area contributed by atoms with Gasteiger partial charge in [-0.05, 0) is 54.3 Å². The van der Waals surface area contributed by atoms with E-state index in [4.69, 9.17) is 4.74 Å². The maximum atomic E-state index is 12.3. The van der Waals surface area contributed by atoms with Gasteiger partial charge in [0.2, 0.25) is 0 Å². The zero-order chi connectivity index (χ0) is 19.9. The molecule has 0 saturated heterocycles. The van der Waals surface area contributed by atoms with E-state index in [1.54, 1.807) is 19.1 Å². The summed E-state index contributed by atoms with van der Waals surface area (Å²) in [4.78, 5) is 24.6. The van der Waals surface area contributed by atoms with Crippen molar-refractivity contribution in [2.45, 2.75) is 26.4 Å². The molecule has 0 fully saturated rings. The van der Waals surface area contributed by atoms with Crippen LogP contribution in [0.2, 0.25) is 0 Å². The Kier molecular flexibility index (Phi) is 6.22. The molecule has 142 valence electrons. The minimum atomic E-state index is -0.896. The number of hydrogen-bond donors (Lipinski definition) is 1. The highest BCUT2D eigenvalue weighted by atomic mass is 16.5. The van der Waals surface area contributed by atoms with Crippen molar-refractivity contribution in [2.24, 2.45) is 0 Å². The van der Waals surface area contributed by atoms with Crippen molar-refractivity contribution in [3.05, 3.63) is 90.0 Å². The summed E-state index contributed by atoms with van der Waals surface area (Å²) in [6, 6.07) is 24.7. The van der Waals surface area contributed by atoms with E-state index in [0.29, 0.717) is 11.3 Å². The highest BCUT2D eigenvalue weighted by Crippen LogP contribution is 2.20. The first kappa shape index (κ1) is 19.4. The van der Waals surface area contributed by atoms with E-state index in [9.17, 15) is 9.59 Å². The summed E-state index contributed by atoms with van der Waals surface area (Å²) in [6.07, 6.45) is 0.0397. The molecule has 3 rings (SSSR count). The van der Waals surface area contributed by atoms with Crippen molar-refractivity contribution >= 4 is 17.6 Å². The number of carbonyl (C=O) groups is 2. The fourth-order valence-electron chi connectivity index (χ4n) is 2.78. The number of benzene rings is 3. The first-order valence-electron chi connectivity index (χ1n) is 9.33. The van der Waals surface area contributed by atoms with Gasteiger partial charge in [0.05, 0.1) is 5.56 Å². The molecule has 1 N–H and O–H groups in total. The topological polar surface area (TPSA) is 55.4 Å². The summed E-state index contributed by atoms with van der Waals surface area (Å²) >= 11 is 0. The molecule has 0 bridgehead atoms. The fraction of sp³-hybridized carbons (Fsp3) is 0.167. The highest BCUT2D eigenvalue weighted by Gasteiger charge is 2.19. The van der Waals surface area contributed by atoms with Crippen LogP contribution in [0.3, 0.4) is 0 Å². The lowest BCUT2D eigenvalue weighted by atomic mass is 10.0. The second-order valence-electron chi connectivity index (χ2n) is 6.53. The van der Waals surface area contributed by atoms with Crippen LogP contribution in [0.1, 0.15) is 29.8 Å². The third kappa shape index (κ3) is 4.86. The second kappa shape index (κ2) is 9.00. The summed E-state index contributed by atoms with van der Waals surface area (Å²) in [5, 5.41) is 2.76. The van der Waals surface area contributed by atoms with Crippen LogP contribution in [-0.2, 0) is 16.0 Å². The van der Waals surface area contributed by atoms with Crippen LogP contribution >= 0.6 is 0 Å². The van der Waals surface area contributed by atoms with E-state index in [1.807, 2.05) is 66.7 Å². The molecule has 1 atom stereocenters. The number of esters is 1. The summed E-state index contributed by atoms with van der Waals surface area (Å²) in [7, 11) is 0. The van der Waals surface area contributed by atoms with Crippen LogP contribution < -0.4 is 5.32 Å². The molecular formula is C24H23NO3. The van der Waals surface area contributed by atoms with Gasteiger partial charge in [-0.15, -0.1) is 0 Å². The largest absolute Gasteiger partial charge is 0.449 e. The van der Waals surface area contributed by atoms with Gasteiger partial charge in [0.15, 0.2) is 6.10 Å². The Morgan fingerprint density at radius 3 is 2.07 bits per heavy atom. The Morgan fingerprint density at radius 1 is 0.857 bits per heavy atom. The molecule has 0 aliphatic carbocycles. The van der Waals surface area contributed by atoms with Gasteiger partial charge in [0, 0.05) is 5.69 Å². The average Bonchev–Trinajstić information content (AvgIpc) is 2.75. The predicted molar refractivity (Wildman–Crippen MR) is 111 cm³/mol. The Hall–Kier alpha value is -3.40. The van der Waals surface area contributed by atoms with Crippen LogP contribution in [0.15, 0.2) is 78.9 Å². The van der Waals surface area contributed by atoms with Crippen LogP contribution in [0.4, 0.5) is 5.69 Å². The van der Waals surface area contributed by atoms with Gasteiger partial charge in [-0.1, -0.05) is 61.5 Å². The number of hydrogen-bond acceptors (Lipinski definition) is 3. The SMILES string of the molecule is CCc1ccc(NC(=O)[C@H](C)OC(=O)c2ccc(-c3ccccc3)cc2)cc1. The molecule has 0 spiro atoms. The van der Waals surface area contributed by atoms with E-state index in [2.05, 4.69) is 12.2 Å². The van der Waals surface area contributed by atoms with Crippen molar-refractivity contribution in [1.82, 2.24) is 0 Å². The number of ether oxygens (including phenoxy) is 1. The number of aryl methyl sites for hydroxylation is 1. The minimum absolute atomic E-state index is 0.362. The zero-order valence-corrected chi connectivity index (χ0v) is 16.0. The lowest BCUT2D eigenvalue weighted by molar-refractivity contribution is -0.123. The van der Waals surface area contributed by atoms with E-state index < -0.39 is 12.1 Å². The molecular weight excluding hydrogens is 350 g/mol. The molecule has 3 aromatic rings. The van der Waals surface area contributed by atoms with Crippen molar-refractivity contribution < 1.29 is 14.3 Å². The number of nitrogens with one attached hydrogen (secondary N) is 1. The molecule has 0 heterocycles. The molecule has 3 aromatic carbocycles. The Morgan fingerprint density at radius 2 is 1.46 bits per heavy atom. The molecule has 1 amide bonds. The highest BCUT2D eigenvalue weighted by molar-refractivity contribution is 5.97. The van der Waals surface area contributed by atoms with Crippen molar-refractivity contribution in [2.75, 3.05) is 5.32 Å². The third-order valence-corrected chi connectivity index (χ3v) is 4.51. The standard InChI is InChI=1S/C24H23NO3/c1-3-18-9-15-22(16-10-18)25-23(26)17(2)28-24(27)21-13-11-20(12-14-21)19-7-5-4-6-8-19/h4-17H,3H2,1-2H3,(H,25,26)/t17-/m0/s1. The quantitative estimate of drug-likeness (QED) is 0.612. The second-order valence-corrected chi connectivity index (χ2v) is 6.53. The van der Waals surface area contributed by atoms with Crippen LogP contribution in [0.5, 0.6) is 0 Å². The molecule has 0 aliphatic rings. The Balaban J connectivity index is 1.59. The Labute approximate surface area is 165 Å². The number of carbonyl (C=O) groups excluding carboxylic acids is 2. The monoisotopic (exact) mass is 373 g/mol. The van der Waals surface area contributed by atoms with E-state index in [-0.39, 0.29) is 5.91 Å². The first-order valence-corrected chi connectivity index (χ1v) is 9.33. The first-order chi connectivity index (χ1) is 13.6. The van der Waals surface area contributed by atoms with Crippen LogP contribution in [0.25, 0.3) is 11.1 Å². The van der Waals surface area contributed by atoms with E-state index >= 15 is 0 Å². The lowest BCUT2D eigenvalue weighted by Gasteiger charge is -2.14.